The predicted molar refractivity (Wildman–Crippen MR) is 62.2 cm³/mol. The highest BCUT2D eigenvalue weighted by Crippen LogP contribution is 2.26. The van der Waals surface area contributed by atoms with Crippen molar-refractivity contribution in [2.24, 2.45) is 0 Å². The molecule has 0 atom stereocenters. The van der Waals surface area contributed by atoms with Gasteiger partial charge in [0.25, 0.3) is 0 Å². The van der Waals surface area contributed by atoms with Crippen LogP contribution in [0.3, 0.4) is 0 Å². The first kappa shape index (κ1) is 10.2. The predicted octanol–water partition coefficient (Wildman–Crippen LogP) is 1.94. The van der Waals surface area contributed by atoms with E-state index in [4.69, 9.17) is 11.0 Å². The Morgan fingerprint density at radius 3 is 2.62 bits per heavy atom. The standard InChI is InChI=1S/C12H12N4/c1-8-9(2)16(12(14)10(8)7-13)11-5-3-4-6-15-11/h3-6H,14H2,1-2H3. The van der Waals surface area contributed by atoms with Crippen molar-refractivity contribution in [3.05, 3.63) is 41.2 Å². The molecule has 0 radical (unpaired) electrons. The van der Waals surface area contributed by atoms with Crippen LogP contribution in [0.2, 0.25) is 0 Å². The van der Waals surface area contributed by atoms with E-state index in [2.05, 4.69) is 11.1 Å². The number of nitrogens with zero attached hydrogens (tertiary/aromatic N) is 3. The van der Waals surface area contributed by atoms with E-state index >= 15 is 0 Å². The molecule has 4 heteroatoms. The van der Waals surface area contributed by atoms with Crippen LogP contribution in [0.5, 0.6) is 0 Å². The zero-order chi connectivity index (χ0) is 11.7. The lowest BCUT2D eigenvalue weighted by molar-refractivity contribution is 0.965. The van der Waals surface area contributed by atoms with Gasteiger partial charge in [0.05, 0.1) is 5.56 Å². The number of nitrogen functional groups attached to an aromatic ring is 1. The fourth-order valence-corrected chi connectivity index (χ4v) is 1.76. The summed E-state index contributed by atoms with van der Waals surface area (Å²) in [6.07, 6.45) is 1.70. The highest BCUT2D eigenvalue weighted by molar-refractivity contribution is 5.61. The van der Waals surface area contributed by atoms with Crippen LogP contribution in [0.1, 0.15) is 16.8 Å². The molecular formula is C12H12N4. The highest BCUT2D eigenvalue weighted by atomic mass is 15.1. The van der Waals surface area contributed by atoms with Gasteiger partial charge in [-0.05, 0) is 31.5 Å². The second-order valence-electron chi connectivity index (χ2n) is 3.61. The lowest BCUT2D eigenvalue weighted by atomic mass is 10.2. The van der Waals surface area contributed by atoms with Gasteiger partial charge in [0, 0.05) is 11.9 Å². The molecule has 0 amide bonds. The topological polar surface area (TPSA) is 67.6 Å². The maximum atomic E-state index is 9.02. The van der Waals surface area contributed by atoms with Gasteiger partial charge >= 0.3 is 0 Å². The Morgan fingerprint density at radius 1 is 1.38 bits per heavy atom. The molecule has 0 bridgehead atoms. The van der Waals surface area contributed by atoms with Gasteiger partial charge in [-0.25, -0.2) is 4.98 Å². The second-order valence-corrected chi connectivity index (χ2v) is 3.61. The summed E-state index contributed by atoms with van der Waals surface area (Å²) in [4.78, 5) is 4.23. The van der Waals surface area contributed by atoms with Crippen molar-refractivity contribution in [2.45, 2.75) is 13.8 Å². The molecule has 0 saturated heterocycles. The van der Waals surface area contributed by atoms with Crippen LogP contribution in [0.4, 0.5) is 5.82 Å². The molecule has 2 aromatic heterocycles. The minimum Gasteiger partial charge on any atom is -0.384 e. The summed E-state index contributed by atoms with van der Waals surface area (Å²) >= 11 is 0. The monoisotopic (exact) mass is 212 g/mol. The van der Waals surface area contributed by atoms with E-state index in [1.54, 1.807) is 10.8 Å². The van der Waals surface area contributed by atoms with Crippen LogP contribution in [-0.4, -0.2) is 9.55 Å². The summed E-state index contributed by atoms with van der Waals surface area (Å²) in [7, 11) is 0. The number of rotatable bonds is 1. The maximum Gasteiger partial charge on any atom is 0.138 e. The summed E-state index contributed by atoms with van der Waals surface area (Å²) in [5.74, 6) is 1.19. The van der Waals surface area contributed by atoms with Crippen molar-refractivity contribution in [1.82, 2.24) is 9.55 Å². The Hall–Kier alpha value is -2.28. The molecule has 16 heavy (non-hydrogen) atoms. The summed E-state index contributed by atoms with van der Waals surface area (Å²) in [6, 6.07) is 7.72. The number of nitrogens with two attached hydrogens (primary N) is 1. The minimum absolute atomic E-state index is 0.455. The van der Waals surface area contributed by atoms with Crippen molar-refractivity contribution in [3.63, 3.8) is 0 Å². The maximum absolute atomic E-state index is 9.02. The van der Waals surface area contributed by atoms with Gasteiger partial charge in [0.1, 0.15) is 17.7 Å². The number of pyridine rings is 1. The minimum atomic E-state index is 0.455. The molecule has 0 unspecified atom stereocenters. The molecule has 0 aromatic carbocycles. The van der Waals surface area contributed by atoms with Crippen LogP contribution in [0.25, 0.3) is 5.82 Å². The van der Waals surface area contributed by atoms with E-state index in [9.17, 15) is 0 Å². The normalized spacial score (nSPS) is 10.1. The summed E-state index contributed by atoms with van der Waals surface area (Å²) < 4.78 is 1.80. The van der Waals surface area contributed by atoms with Crippen LogP contribution in [-0.2, 0) is 0 Å². The average Bonchev–Trinajstić information content (AvgIpc) is 2.51. The Balaban J connectivity index is 2.73. The molecule has 2 N–H and O–H groups in total. The van der Waals surface area contributed by atoms with Crippen LogP contribution in [0, 0.1) is 25.2 Å². The van der Waals surface area contributed by atoms with Crippen molar-refractivity contribution in [3.8, 4) is 11.9 Å². The molecule has 2 heterocycles. The first-order chi connectivity index (χ1) is 7.66. The molecule has 4 nitrogen and oxygen atoms in total. The summed E-state index contributed by atoms with van der Waals surface area (Å²) in [5.41, 5.74) is 8.34. The van der Waals surface area contributed by atoms with E-state index in [1.807, 2.05) is 32.0 Å². The van der Waals surface area contributed by atoms with Crippen molar-refractivity contribution < 1.29 is 0 Å². The van der Waals surface area contributed by atoms with Crippen LogP contribution < -0.4 is 5.73 Å². The van der Waals surface area contributed by atoms with Crippen molar-refractivity contribution in [2.75, 3.05) is 5.73 Å². The highest BCUT2D eigenvalue weighted by Gasteiger charge is 2.16. The van der Waals surface area contributed by atoms with Crippen molar-refractivity contribution >= 4 is 5.82 Å². The molecule has 0 fully saturated rings. The fourth-order valence-electron chi connectivity index (χ4n) is 1.76. The third kappa shape index (κ3) is 1.34. The number of nitriles is 1. The lowest BCUT2D eigenvalue weighted by Crippen LogP contribution is -2.04. The van der Waals surface area contributed by atoms with E-state index in [-0.39, 0.29) is 0 Å². The molecule has 2 rings (SSSR count). The van der Waals surface area contributed by atoms with Crippen LogP contribution >= 0.6 is 0 Å². The number of anilines is 1. The van der Waals surface area contributed by atoms with Crippen molar-refractivity contribution in [1.29, 1.82) is 5.26 Å². The Labute approximate surface area is 94.0 Å². The smallest absolute Gasteiger partial charge is 0.138 e. The largest absolute Gasteiger partial charge is 0.384 e. The van der Waals surface area contributed by atoms with E-state index < -0.39 is 0 Å². The lowest BCUT2D eigenvalue weighted by Gasteiger charge is -2.06. The van der Waals surface area contributed by atoms with E-state index in [0.29, 0.717) is 11.4 Å². The summed E-state index contributed by atoms with van der Waals surface area (Å²) in [6.45, 7) is 3.82. The fraction of sp³-hybridized carbons (Fsp3) is 0.167. The number of aromatic nitrogens is 2. The molecule has 0 saturated carbocycles. The van der Waals surface area contributed by atoms with Gasteiger partial charge in [-0.1, -0.05) is 6.07 Å². The van der Waals surface area contributed by atoms with E-state index in [1.165, 1.54) is 0 Å². The quantitative estimate of drug-likeness (QED) is 0.785. The molecule has 0 aliphatic rings. The Bertz CT molecular complexity index is 561. The third-order valence-electron chi connectivity index (χ3n) is 2.74. The molecule has 2 aromatic rings. The van der Waals surface area contributed by atoms with Gasteiger partial charge in [-0.15, -0.1) is 0 Å². The third-order valence-corrected chi connectivity index (χ3v) is 2.74. The van der Waals surface area contributed by atoms with Crippen LogP contribution in [0.15, 0.2) is 24.4 Å². The first-order valence-electron chi connectivity index (χ1n) is 4.95. The van der Waals surface area contributed by atoms with Gasteiger partial charge in [0.15, 0.2) is 0 Å². The van der Waals surface area contributed by atoms with Gasteiger partial charge in [0.2, 0.25) is 0 Å². The zero-order valence-electron chi connectivity index (χ0n) is 9.23. The molecule has 0 aliphatic heterocycles. The molecule has 0 aliphatic carbocycles. The second kappa shape index (κ2) is 3.70. The van der Waals surface area contributed by atoms with E-state index in [0.717, 1.165) is 17.1 Å². The Kier molecular flexibility index (Phi) is 2.37. The summed E-state index contributed by atoms with van der Waals surface area (Å²) in [5, 5.41) is 9.02. The number of hydrogen-bond acceptors (Lipinski definition) is 3. The number of hydrogen-bond donors (Lipinski definition) is 1. The molecule has 0 spiro atoms. The average molecular weight is 212 g/mol. The zero-order valence-corrected chi connectivity index (χ0v) is 9.23. The van der Waals surface area contributed by atoms with Gasteiger partial charge < -0.3 is 5.73 Å². The first-order valence-corrected chi connectivity index (χ1v) is 4.95. The van der Waals surface area contributed by atoms with Gasteiger partial charge in [-0.3, -0.25) is 4.57 Å². The molecular weight excluding hydrogens is 200 g/mol. The Morgan fingerprint density at radius 2 is 2.12 bits per heavy atom. The molecule has 80 valence electrons. The SMILES string of the molecule is Cc1c(C#N)c(N)n(-c2ccccn2)c1C. The van der Waals surface area contributed by atoms with Gasteiger partial charge in [-0.2, -0.15) is 5.26 Å².